The predicted molar refractivity (Wildman–Crippen MR) is 361 cm³/mol. The molecule has 0 amide bonds. The number of pyridine rings is 4. The van der Waals surface area contributed by atoms with Crippen molar-refractivity contribution in [3.8, 4) is 33.8 Å². The summed E-state index contributed by atoms with van der Waals surface area (Å²) in [4.78, 5) is 52.6. The zero-order valence-electron chi connectivity index (χ0n) is 54.5. The van der Waals surface area contributed by atoms with Crippen LogP contribution in [0.4, 0.5) is 0 Å². The highest BCUT2D eigenvalue weighted by molar-refractivity contribution is 5.83. The number of carboxylic acid groups (broad SMARTS) is 1. The van der Waals surface area contributed by atoms with Gasteiger partial charge in [-0.05, 0) is 182 Å². The minimum atomic E-state index is -0.735. The van der Waals surface area contributed by atoms with E-state index >= 15 is 0 Å². The van der Waals surface area contributed by atoms with E-state index in [2.05, 4.69) is 132 Å². The van der Waals surface area contributed by atoms with E-state index in [0.29, 0.717) is 45.6 Å². The van der Waals surface area contributed by atoms with E-state index < -0.39 is 12.0 Å². The number of piperidine rings is 2. The molecule has 92 heavy (non-hydrogen) atoms. The van der Waals surface area contributed by atoms with Crippen LogP contribution in [-0.4, -0.2) is 173 Å². The summed E-state index contributed by atoms with van der Waals surface area (Å²) in [6.45, 7) is 22.4. The Bertz CT molecular complexity index is 3780. The third-order valence-electron chi connectivity index (χ3n) is 18.9. The van der Waals surface area contributed by atoms with Crippen molar-refractivity contribution in [1.82, 2.24) is 39.5 Å². The van der Waals surface area contributed by atoms with Crippen LogP contribution in [-0.2, 0) is 49.7 Å². The molecule has 8 heterocycles. The van der Waals surface area contributed by atoms with Crippen LogP contribution >= 0.6 is 0 Å². The minimum Gasteiger partial charge on any atom is -0.493 e. The molecule has 17 heteroatoms. The summed E-state index contributed by atoms with van der Waals surface area (Å²) in [5, 5.41) is 11.8. The Morgan fingerprint density at radius 3 is 1.40 bits per heavy atom. The number of hydrogen-bond donors (Lipinski definition) is 1. The number of ether oxygens (including phenoxy) is 5. The van der Waals surface area contributed by atoms with Crippen LogP contribution in [0.15, 0.2) is 122 Å². The van der Waals surface area contributed by atoms with E-state index in [4.69, 9.17) is 43.6 Å². The summed E-state index contributed by atoms with van der Waals surface area (Å²) in [7, 11) is 1.47. The number of carboxylic acids is 1. The first-order chi connectivity index (χ1) is 44.5. The van der Waals surface area contributed by atoms with Gasteiger partial charge in [0.1, 0.15) is 23.6 Å². The molecule has 4 aliphatic heterocycles. The number of esters is 1. The normalized spacial score (nSPS) is 17.6. The molecule has 4 aromatic carbocycles. The number of hydrogen-bond acceptors (Lipinski definition) is 15. The molecule has 2 atom stereocenters. The Kier molecular flexibility index (Phi) is 23.9. The molecule has 4 aromatic heterocycles. The lowest BCUT2D eigenvalue weighted by Gasteiger charge is -2.33. The smallest absolute Gasteiger partial charge is 0.323 e. The first kappa shape index (κ1) is 67.2. The first-order valence-electron chi connectivity index (χ1n) is 33.0. The summed E-state index contributed by atoms with van der Waals surface area (Å²) in [5.74, 6) is 1.00. The van der Waals surface area contributed by atoms with Gasteiger partial charge in [-0.15, -0.1) is 0 Å². The van der Waals surface area contributed by atoms with Crippen LogP contribution in [0.5, 0.6) is 11.5 Å². The van der Waals surface area contributed by atoms with E-state index in [0.717, 1.165) is 191 Å². The molecule has 4 saturated heterocycles. The lowest BCUT2D eigenvalue weighted by atomic mass is 9.91. The highest BCUT2D eigenvalue weighted by Gasteiger charge is 2.31. The Balaban J connectivity index is 0.000000199. The van der Waals surface area contributed by atoms with Crippen molar-refractivity contribution in [3.63, 3.8) is 0 Å². The fourth-order valence-corrected chi connectivity index (χ4v) is 13.7. The van der Waals surface area contributed by atoms with Gasteiger partial charge in [0.25, 0.3) is 0 Å². The minimum absolute atomic E-state index is 0. The zero-order chi connectivity index (χ0) is 63.1. The van der Waals surface area contributed by atoms with Gasteiger partial charge in [-0.3, -0.25) is 49.1 Å². The van der Waals surface area contributed by atoms with Crippen LogP contribution in [0.25, 0.3) is 44.1 Å². The maximum Gasteiger partial charge on any atom is 0.323 e. The molecule has 17 nitrogen and oxygen atoms in total. The fourth-order valence-electron chi connectivity index (χ4n) is 13.7. The number of rotatable bonds is 22. The third kappa shape index (κ3) is 16.7. The van der Waals surface area contributed by atoms with Crippen molar-refractivity contribution < 1.29 is 43.9 Å². The Morgan fingerprint density at radius 2 is 0.957 bits per heavy atom. The number of nitrogens with zero attached hydrogens (tertiary/aromatic N) is 8. The van der Waals surface area contributed by atoms with Crippen LogP contribution in [0, 0.1) is 27.7 Å². The van der Waals surface area contributed by atoms with Gasteiger partial charge in [0.05, 0.1) is 69.2 Å². The SMILES string of the molecule is COC(=O)C1CCCCN1Cc1cnc2c(Cc3cccc(-c4cccc(OCCCN5CCOCC5)c4C)c3C)nccc2c1.Cc1c(Cc2nccc3cc(CN4CCCCC4C(=O)O)cnc23)cccc1-c1cccc(OCCCN2CCOCC2)c1C.O. The van der Waals surface area contributed by atoms with Gasteiger partial charge >= 0.3 is 11.9 Å². The quantitative estimate of drug-likeness (QED) is 0.0496. The molecular formula is C75H92N8O9. The number of aliphatic carboxylic acids is 1. The van der Waals surface area contributed by atoms with Crippen molar-refractivity contribution in [3.05, 3.63) is 178 Å². The van der Waals surface area contributed by atoms with Gasteiger partial charge in [-0.25, -0.2) is 0 Å². The van der Waals surface area contributed by atoms with Gasteiger partial charge in [0, 0.05) is 101 Å². The summed E-state index contributed by atoms with van der Waals surface area (Å²) in [5.41, 5.74) is 17.9. The summed E-state index contributed by atoms with van der Waals surface area (Å²) in [6.07, 6.45) is 16.6. The molecule has 0 aliphatic carbocycles. The second-order valence-electron chi connectivity index (χ2n) is 24.9. The highest BCUT2D eigenvalue weighted by atomic mass is 16.5. The highest BCUT2D eigenvalue weighted by Crippen LogP contribution is 2.37. The van der Waals surface area contributed by atoms with Crippen molar-refractivity contribution >= 4 is 33.7 Å². The second kappa shape index (κ2) is 32.7. The number of benzene rings is 4. The molecule has 4 fully saturated rings. The Labute approximate surface area is 542 Å². The maximum absolute atomic E-state index is 12.4. The molecule has 2 unspecified atom stereocenters. The molecule has 4 aliphatic rings. The van der Waals surface area contributed by atoms with E-state index in [9.17, 15) is 14.7 Å². The molecule has 0 spiro atoms. The van der Waals surface area contributed by atoms with Gasteiger partial charge in [0.15, 0.2) is 0 Å². The number of carbonyl (C=O) groups excluding carboxylic acids is 1. The largest absolute Gasteiger partial charge is 0.493 e. The summed E-state index contributed by atoms with van der Waals surface area (Å²) < 4.78 is 28.6. The molecule has 8 aromatic rings. The van der Waals surface area contributed by atoms with Crippen molar-refractivity contribution in [2.75, 3.05) is 99.1 Å². The average molecular weight is 1250 g/mol. The lowest BCUT2D eigenvalue weighted by Crippen LogP contribution is -2.44. The predicted octanol–water partition coefficient (Wildman–Crippen LogP) is 11.4. The van der Waals surface area contributed by atoms with E-state index in [-0.39, 0.29) is 17.5 Å². The number of methoxy groups -OCH3 is 1. The van der Waals surface area contributed by atoms with E-state index in [1.54, 1.807) is 0 Å². The van der Waals surface area contributed by atoms with Crippen molar-refractivity contribution in [2.24, 2.45) is 0 Å². The van der Waals surface area contributed by atoms with Gasteiger partial charge < -0.3 is 34.3 Å². The van der Waals surface area contributed by atoms with Gasteiger partial charge in [-0.1, -0.05) is 73.5 Å². The Hall–Kier alpha value is -7.74. The molecule has 12 rings (SSSR count). The molecule has 3 N–H and O–H groups in total. The van der Waals surface area contributed by atoms with E-state index in [1.165, 1.54) is 51.6 Å². The van der Waals surface area contributed by atoms with Crippen molar-refractivity contribution in [2.45, 2.75) is 117 Å². The number of likely N-dealkylation sites (tertiary alicyclic amines) is 2. The van der Waals surface area contributed by atoms with Crippen LogP contribution in [0.2, 0.25) is 0 Å². The fraction of sp³-hybridized carbons (Fsp3) is 0.440. The molecule has 0 radical (unpaired) electrons. The average Bonchev–Trinajstić information content (AvgIpc) is 1.07. The monoisotopic (exact) mass is 1250 g/mol. The maximum atomic E-state index is 12.4. The standard InChI is InChI=1S/C38H46N4O4.C37H44N4O4.H2O/c1-27-30(9-6-10-32(27)33-11-7-13-36(28(33)2)46-20-8-16-41-18-21-45-22-19-41)24-34-37-31(14-15-39-34)23-29(25-40-37)26-42-17-5-4-12-35(42)38(43)44-3;1-26-29(8-5-9-31(26)32-10-6-12-35(27(32)2)45-19-7-15-40-17-20-44-21-18-40)23-33-36-30(13-14-38-33)22-28(24-39-36)25-41-16-4-3-11-34(41)37(42)43;/h6-7,9-11,13-15,23,25,35H,4-5,8,12,16-22,24,26H2,1-3H3;5-6,8-10,12-14,22,24,34H,3-4,7,11,15-21,23,25H2,1-2H3,(H,42,43);1H2. The number of aromatic nitrogens is 4. The zero-order valence-corrected chi connectivity index (χ0v) is 54.5. The molecule has 486 valence electrons. The molecule has 0 bridgehead atoms. The molecule has 0 saturated carbocycles. The number of morpholine rings is 2. The third-order valence-corrected chi connectivity index (χ3v) is 18.9. The van der Waals surface area contributed by atoms with Crippen molar-refractivity contribution in [1.29, 1.82) is 0 Å². The summed E-state index contributed by atoms with van der Waals surface area (Å²) in [6, 6.07) is 33.5. The van der Waals surface area contributed by atoms with Gasteiger partial charge in [-0.2, -0.15) is 0 Å². The first-order valence-corrected chi connectivity index (χ1v) is 33.0. The molecular weight excluding hydrogens is 1160 g/mol. The second-order valence-corrected chi connectivity index (χ2v) is 24.9. The summed E-state index contributed by atoms with van der Waals surface area (Å²) >= 11 is 0. The van der Waals surface area contributed by atoms with E-state index in [1.807, 2.05) is 36.9 Å². The number of fused-ring (bicyclic) bond motifs is 2. The topological polar surface area (TPSA) is 197 Å². The Morgan fingerprint density at radius 1 is 0.533 bits per heavy atom. The lowest BCUT2D eigenvalue weighted by molar-refractivity contribution is -0.148. The van der Waals surface area contributed by atoms with Crippen LogP contribution in [0.3, 0.4) is 0 Å². The van der Waals surface area contributed by atoms with Crippen LogP contribution in [0.1, 0.15) is 107 Å². The number of carbonyl (C=O) groups is 2. The van der Waals surface area contributed by atoms with Crippen LogP contribution < -0.4 is 9.47 Å². The van der Waals surface area contributed by atoms with Gasteiger partial charge in [0.2, 0.25) is 0 Å².